The minimum atomic E-state index is -1.20. The Balaban J connectivity index is 1.40. The van der Waals surface area contributed by atoms with Crippen LogP contribution in [0.25, 0.3) is 0 Å². The second-order valence-electron chi connectivity index (χ2n) is 10.1. The predicted octanol–water partition coefficient (Wildman–Crippen LogP) is 4.42. The molecule has 3 heterocycles. The summed E-state index contributed by atoms with van der Waals surface area (Å²) < 4.78 is 22.8. The molecule has 0 radical (unpaired) electrons. The molecule has 0 aromatic heterocycles. The number of carboxylic acid groups (broad SMARTS) is 2. The number of carboxylic acids is 2. The third-order valence-corrected chi connectivity index (χ3v) is 17.8. The van der Waals surface area contributed by atoms with Crippen molar-refractivity contribution in [3.8, 4) is 0 Å². The van der Waals surface area contributed by atoms with Crippen LogP contribution in [0.4, 0.5) is 0 Å². The molecule has 0 amide bonds. The number of carbonyl (C=O) groups is 4. The first-order valence-electron chi connectivity index (χ1n) is 14.4. The highest BCUT2D eigenvalue weighted by Gasteiger charge is 2.26. The molecule has 0 saturated carbocycles. The van der Waals surface area contributed by atoms with Crippen molar-refractivity contribution in [2.75, 3.05) is 82.6 Å². The van der Waals surface area contributed by atoms with Crippen molar-refractivity contribution in [3.63, 3.8) is 0 Å². The fourth-order valence-corrected chi connectivity index (χ4v) is 15.6. The van der Waals surface area contributed by atoms with E-state index in [0.717, 1.165) is 69.0 Å². The molecule has 6 atom stereocenters. The molecular weight excluding hydrogens is 753 g/mol. The lowest BCUT2D eigenvalue weighted by atomic mass is 10.4. The molecule has 10 nitrogen and oxygen atoms in total. The van der Waals surface area contributed by atoms with E-state index in [1.807, 2.05) is 70.6 Å². The van der Waals surface area contributed by atoms with E-state index in [4.69, 9.17) is 29.2 Å². The summed E-state index contributed by atoms with van der Waals surface area (Å²) in [5.74, 6) is 3.24. The molecule has 3 saturated heterocycles. The Morgan fingerprint density at radius 2 is 1.09 bits per heavy atom. The number of rotatable bonds is 22. The lowest BCUT2D eigenvalue weighted by molar-refractivity contribution is -0.145. The Morgan fingerprint density at radius 1 is 0.652 bits per heavy atom. The van der Waals surface area contributed by atoms with Gasteiger partial charge in [0.1, 0.15) is 12.2 Å². The van der Waals surface area contributed by atoms with Crippen LogP contribution < -0.4 is 0 Å². The smallest absolute Gasteiger partial charge is 0.331 e. The maximum absolute atomic E-state index is 12.2. The van der Waals surface area contributed by atoms with Gasteiger partial charge in [-0.15, -0.1) is 47.0 Å². The second-order valence-corrected chi connectivity index (χ2v) is 20.3. The highest BCUT2D eigenvalue weighted by atomic mass is 32.2. The summed E-state index contributed by atoms with van der Waals surface area (Å²) >= 11 is 14.8. The molecule has 3 aliphatic heterocycles. The van der Waals surface area contributed by atoms with E-state index in [9.17, 15) is 19.2 Å². The average Bonchev–Trinajstić information content (AvgIpc) is 3.74. The molecule has 6 unspecified atom stereocenters. The summed E-state index contributed by atoms with van der Waals surface area (Å²) in [7, 11) is 0. The van der Waals surface area contributed by atoms with Crippen LogP contribution in [0.15, 0.2) is 24.3 Å². The van der Waals surface area contributed by atoms with E-state index in [0.29, 0.717) is 45.7 Å². The first-order valence-corrected chi connectivity index (χ1v) is 23.2. The Morgan fingerprint density at radius 3 is 1.48 bits per heavy atom. The Kier molecular flexibility index (Phi) is 21.4. The van der Waals surface area contributed by atoms with E-state index >= 15 is 0 Å². The lowest BCUT2D eigenvalue weighted by Gasteiger charge is -2.29. The Hall–Kier alpha value is 0.0800. The highest BCUT2D eigenvalue weighted by Crippen LogP contribution is 2.35. The van der Waals surface area contributed by atoms with Gasteiger partial charge in [-0.2, -0.15) is 47.0 Å². The molecular formula is C28H40O10S8. The van der Waals surface area contributed by atoms with Gasteiger partial charge >= 0.3 is 23.9 Å². The summed E-state index contributed by atoms with van der Waals surface area (Å²) in [4.78, 5) is 45.9. The van der Waals surface area contributed by atoms with Gasteiger partial charge < -0.3 is 29.2 Å². The van der Waals surface area contributed by atoms with Gasteiger partial charge in [0, 0.05) is 101 Å². The van der Waals surface area contributed by atoms with Crippen LogP contribution in [-0.2, 0) is 38.1 Å². The molecule has 3 aliphatic rings. The maximum Gasteiger partial charge on any atom is 0.331 e. The van der Waals surface area contributed by atoms with Crippen LogP contribution in [0.3, 0.4) is 0 Å². The van der Waals surface area contributed by atoms with Gasteiger partial charge in [-0.3, -0.25) is 0 Å². The summed E-state index contributed by atoms with van der Waals surface area (Å²) in [6, 6.07) is 0. The fourth-order valence-electron chi connectivity index (χ4n) is 4.03. The number of hydrogen-bond acceptors (Lipinski definition) is 16. The van der Waals surface area contributed by atoms with Crippen LogP contribution >= 0.6 is 94.1 Å². The SMILES string of the molecule is O=C(O)/C=C/C(=O)OC(COCC1CSCS1)CSCC1CSCC(CSCC(COCC2CSCS2)OC(=O)/C=C/C(=O)O)S1. The molecule has 260 valence electrons. The largest absolute Gasteiger partial charge is 0.478 e. The zero-order chi connectivity index (χ0) is 33.0. The van der Waals surface area contributed by atoms with Crippen LogP contribution in [0.1, 0.15) is 0 Å². The van der Waals surface area contributed by atoms with E-state index < -0.39 is 36.1 Å². The predicted molar refractivity (Wildman–Crippen MR) is 199 cm³/mol. The summed E-state index contributed by atoms with van der Waals surface area (Å²) in [5, 5.41) is 21.5. The second kappa shape index (κ2) is 24.3. The van der Waals surface area contributed by atoms with Crippen molar-refractivity contribution >= 4 is 118 Å². The van der Waals surface area contributed by atoms with Crippen molar-refractivity contribution in [1.29, 1.82) is 0 Å². The molecule has 0 bridgehead atoms. The zero-order valence-corrected chi connectivity index (χ0v) is 31.6. The zero-order valence-electron chi connectivity index (χ0n) is 25.1. The number of carbonyl (C=O) groups excluding carboxylic acids is 2. The van der Waals surface area contributed by atoms with Crippen molar-refractivity contribution < 1.29 is 48.3 Å². The van der Waals surface area contributed by atoms with Gasteiger partial charge in [0.25, 0.3) is 0 Å². The Labute approximate surface area is 304 Å². The normalized spacial score (nSPS) is 24.7. The van der Waals surface area contributed by atoms with Gasteiger partial charge in [0.05, 0.1) is 26.4 Å². The van der Waals surface area contributed by atoms with Gasteiger partial charge in [-0.1, -0.05) is 0 Å². The van der Waals surface area contributed by atoms with Crippen molar-refractivity contribution in [1.82, 2.24) is 0 Å². The molecule has 0 aromatic rings. The first kappa shape index (κ1) is 40.5. The van der Waals surface area contributed by atoms with E-state index in [2.05, 4.69) is 0 Å². The van der Waals surface area contributed by atoms with Gasteiger partial charge in [0.2, 0.25) is 0 Å². The standard InChI is InChI=1S/C28H40O10S8/c29-25(30)1-3-27(33)37-19(5-35-7-21-11-42-17-44-21)9-39-13-23-15-41-16-24(46-23)14-40-10-20(38-28(34)4-2-26(31)32)6-36-8-22-12-43-18-45-22/h1-4,19-24H,5-18H2,(H,29,30)(H,31,32)/b3-1+,4-2+. The summed E-state index contributed by atoms with van der Waals surface area (Å²) in [6.07, 6.45) is 2.47. The quantitative estimate of drug-likeness (QED) is 0.118. The van der Waals surface area contributed by atoms with E-state index in [1.54, 1.807) is 23.5 Å². The van der Waals surface area contributed by atoms with Crippen molar-refractivity contribution in [2.45, 2.75) is 33.2 Å². The topological polar surface area (TPSA) is 146 Å². The van der Waals surface area contributed by atoms with Gasteiger partial charge in [-0.05, 0) is 0 Å². The minimum absolute atomic E-state index is 0.271. The van der Waals surface area contributed by atoms with Crippen LogP contribution in [0.2, 0.25) is 0 Å². The van der Waals surface area contributed by atoms with Gasteiger partial charge in [0.15, 0.2) is 0 Å². The summed E-state index contributed by atoms with van der Waals surface area (Å²) in [6.45, 7) is 1.74. The molecule has 18 heteroatoms. The first-order chi connectivity index (χ1) is 22.3. The van der Waals surface area contributed by atoms with Gasteiger partial charge in [-0.25, -0.2) is 19.2 Å². The number of ether oxygens (including phenoxy) is 4. The molecule has 3 rings (SSSR count). The molecule has 0 spiro atoms. The molecule has 3 fully saturated rings. The fraction of sp³-hybridized carbons (Fsp3) is 0.714. The number of aliphatic carboxylic acids is 2. The third kappa shape index (κ3) is 18.7. The number of thioether (sulfide) groups is 8. The monoisotopic (exact) mass is 792 g/mol. The molecule has 46 heavy (non-hydrogen) atoms. The number of esters is 2. The van der Waals surface area contributed by atoms with Crippen LogP contribution in [-0.4, -0.2) is 150 Å². The summed E-state index contributed by atoms with van der Waals surface area (Å²) in [5.41, 5.74) is 0. The third-order valence-electron chi connectivity index (χ3n) is 6.09. The van der Waals surface area contributed by atoms with E-state index in [1.165, 1.54) is 0 Å². The highest BCUT2D eigenvalue weighted by molar-refractivity contribution is 8.19. The molecule has 0 aromatic carbocycles. The Bertz CT molecular complexity index is 931. The molecule has 0 aliphatic carbocycles. The average molecular weight is 793 g/mol. The maximum atomic E-state index is 12.2. The minimum Gasteiger partial charge on any atom is -0.478 e. The van der Waals surface area contributed by atoms with Crippen molar-refractivity contribution in [3.05, 3.63) is 24.3 Å². The number of hydrogen-bond donors (Lipinski definition) is 2. The van der Waals surface area contributed by atoms with E-state index in [-0.39, 0.29) is 13.2 Å². The van der Waals surface area contributed by atoms with Crippen LogP contribution in [0.5, 0.6) is 0 Å². The van der Waals surface area contributed by atoms with Crippen LogP contribution in [0, 0.1) is 0 Å². The molecule has 2 N–H and O–H groups in total. The lowest BCUT2D eigenvalue weighted by Crippen LogP contribution is -2.30. The van der Waals surface area contributed by atoms with Crippen molar-refractivity contribution in [2.24, 2.45) is 0 Å².